The van der Waals surface area contributed by atoms with Gasteiger partial charge in [-0.15, -0.1) is 11.3 Å². The highest BCUT2D eigenvalue weighted by Gasteiger charge is 2.06. The van der Waals surface area contributed by atoms with Gasteiger partial charge in [0, 0.05) is 45.1 Å². The van der Waals surface area contributed by atoms with Crippen molar-refractivity contribution >= 4 is 33.5 Å². The van der Waals surface area contributed by atoms with Crippen LogP contribution in [0, 0.1) is 13.8 Å². The Balaban J connectivity index is 1.95. The molecule has 3 aromatic rings. The SMILES string of the molecule is Cc1cc2c(NCc3nc(C)cs3)ccc(N)c2cn1. The van der Waals surface area contributed by atoms with Crippen molar-refractivity contribution < 1.29 is 0 Å². The number of nitrogens with zero attached hydrogens (tertiary/aromatic N) is 2. The van der Waals surface area contributed by atoms with Gasteiger partial charge in [-0.3, -0.25) is 4.98 Å². The first-order valence-corrected chi connectivity index (χ1v) is 7.31. The second kappa shape index (κ2) is 5.09. The van der Waals surface area contributed by atoms with E-state index < -0.39 is 0 Å². The van der Waals surface area contributed by atoms with E-state index >= 15 is 0 Å². The number of hydrogen-bond acceptors (Lipinski definition) is 5. The van der Waals surface area contributed by atoms with Crippen molar-refractivity contribution in [3.63, 3.8) is 0 Å². The second-order valence-corrected chi connectivity index (χ2v) is 5.75. The molecule has 0 aliphatic rings. The van der Waals surface area contributed by atoms with Gasteiger partial charge >= 0.3 is 0 Å². The first kappa shape index (κ1) is 12.9. The number of aryl methyl sites for hydroxylation is 2. The first-order valence-electron chi connectivity index (χ1n) is 6.43. The largest absolute Gasteiger partial charge is 0.398 e. The molecule has 20 heavy (non-hydrogen) atoms. The molecule has 0 unspecified atom stereocenters. The molecule has 0 amide bonds. The Labute approximate surface area is 121 Å². The highest BCUT2D eigenvalue weighted by Crippen LogP contribution is 2.28. The Morgan fingerprint density at radius 2 is 2.05 bits per heavy atom. The summed E-state index contributed by atoms with van der Waals surface area (Å²) in [6.07, 6.45) is 1.83. The molecule has 0 atom stereocenters. The van der Waals surface area contributed by atoms with Crippen molar-refractivity contribution in [2.24, 2.45) is 0 Å². The number of rotatable bonds is 3. The molecule has 3 rings (SSSR count). The Bertz CT molecular complexity index is 764. The minimum atomic E-state index is 0.721. The molecule has 2 aromatic heterocycles. The third-order valence-electron chi connectivity index (χ3n) is 3.17. The van der Waals surface area contributed by atoms with Crippen molar-refractivity contribution in [2.45, 2.75) is 20.4 Å². The molecule has 0 bridgehead atoms. The van der Waals surface area contributed by atoms with Gasteiger partial charge in [0.05, 0.1) is 6.54 Å². The minimum Gasteiger partial charge on any atom is -0.398 e. The van der Waals surface area contributed by atoms with E-state index in [0.29, 0.717) is 0 Å². The lowest BCUT2D eigenvalue weighted by atomic mass is 10.1. The van der Waals surface area contributed by atoms with E-state index in [-0.39, 0.29) is 0 Å². The number of thiazole rings is 1. The summed E-state index contributed by atoms with van der Waals surface area (Å²) >= 11 is 1.67. The molecule has 0 saturated heterocycles. The molecule has 0 radical (unpaired) electrons. The lowest BCUT2D eigenvalue weighted by Gasteiger charge is -2.10. The summed E-state index contributed by atoms with van der Waals surface area (Å²) in [6, 6.07) is 5.98. The average molecular weight is 284 g/mol. The molecule has 5 heteroatoms. The quantitative estimate of drug-likeness (QED) is 0.722. The number of nitrogen functional groups attached to an aromatic ring is 1. The maximum absolute atomic E-state index is 6.01. The highest BCUT2D eigenvalue weighted by molar-refractivity contribution is 7.09. The Morgan fingerprint density at radius 3 is 2.80 bits per heavy atom. The standard InChI is InChI=1S/C15H16N4S/c1-9-5-11-12(6-17-9)13(16)3-4-14(11)18-7-15-19-10(2)8-20-15/h3-6,8,18H,7,16H2,1-2H3. The lowest BCUT2D eigenvalue weighted by molar-refractivity contribution is 1.08. The number of nitrogens with two attached hydrogens (primary N) is 1. The van der Waals surface area contributed by atoms with E-state index in [1.807, 2.05) is 32.2 Å². The van der Waals surface area contributed by atoms with Gasteiger partial charge in [-0.2, -0.15) is 0 Å². The van der Waals surface area contributed by atoms with E-state index in [9.17, 15) is 0 Å². The van der Waals surface area contributed by atoms with Crippen LogP contribution in [0.25, 0.3) is 10.8 Å². The predicted molar refractivity (Wildman–Crippen MR) is 85.1 cm³/mol. The molecular formula is C15H16N4S. The maximum atomic E-state index is 6.01. The molecule has 2 heterocycles. The smallest absolute Gasteiger partial charge is 0.112 e. The van der Waals surface area contributed by atoms with E-state index in [2.05, 4.69) is 26.7 Å². The van der Waals surface area contributed by atoms with Crippen molar-refractivity contribution in [2.75, 3.05) is 11.1 Å². The number of hydrogen-bond donors (Lipinski definition) is 2. The zero-order valence-corrected chi connectivity index (χ0v) is 12.3. The van der Waals surface area contributed by atoms with E-state index in [4.69, 9.17) is 5.73 Å². The monoisotopic (exact) mass is 284 g/mol. The van der Waals surface area contributed by atoms with Crippen LogP contribution < -0.4 is 11.1 Å². The van der Waals surface area contributed by atoms with Gasteiger partial charge in [0.1, 0.15) is 5.01 Å². The van der Waals surface area contributed by atoms with Crippen LogP contribution in [0.2, 0.25) is 0 Å². The average Bonchev–Trinajstić information content (AvgIpc) is 2.84. The summed E-state index contributed by atoms with van der Waals surface area (Å²) in [5.74, 6) is 0. The van der Waals surface area contributed by atoms with Crippen molar-refractivity contribution in [1.29, 1.82) is 0 Å². The van der Waals surface area contributed by atoms with Gasteiger partial charge in [0.25, 0.3) is 0 Å². The molecule has 0 aliphatic carbocycles. The number of fused-ring (bicyclic) bond motifs is 1. The zero-order chi connectivity index (χ0) is 14.1. The van der Waals surface area contributed by atoms with E-state index in [0.717, 1.165) is 45.1 Å². The molecule has 1 aromatic carbocycles. The third kappa shape index (κ3) is 2.44. The molecule has 0 spiro atoms. The van der Waals surface area contributed by atoms with Crippen LogP contribution >= 0.6 is 11.3 Å². The third-order valence-corrected chi connectivity index (χ3v) is 4.13. The van der Waals surface area contributed by atoms with E-state index in [1.165, 1.54) is 0 Å². The predicted octanol–water partition coefficient (Wildman–Crippen LogP) is 3.50. The van der Waals surface area contributed by atoms with E-state index in [1.54, 1.807) is 11.3 Å². The molecule has 3 N–H and O–H groups in total. The van der Waals surface area contributed by atoms with Gasteiger partial charge in [-0.25, -0.2) is 4.98 Å². The summed E-state index contributed by atoms with van der Waals surface area (Å²) in [5.41, 5.74) is 9.87. The maximum Gasteiger partial charge on any atom is 0.112 e. The van der Waals surface area contributed by atoms with Crippen LogP contribution in [0.3, 0.4) is 0 Å². The minimum absolute atomic E-state index is 0.721. The number of pyridine rings is 1. The molecule has 0 aliphatic heterocycles. The molecule has 102 valence electrons. The molecule has 4 nitrogen and oxygen atoms in total. The van der Waals surface area contributed by atoms with Crippen LogP contribution in [0.15, 0.2) is 29.8 Å². The Morgan fingerprint density at radius 1 is 1.20 bits per heavy atom. The van der Waals surface area contributed by atoms with Crippen molar-refractivity contribution in [3.8, 4) is 0 Å². The number of anilines is 2. The molecule has 0 saturated carbocycles. The van der Waals surface area contributed by atoms with Gasteiger partial charge in [-0.05, 0) is 32.0 Å². The summed E-state index contributed by atoms with van der Waals surface area (Å²) in [6.45, 7) is 4.71. The van der Waals surface area contributed by atoms with Crippen molar-refractivity contribution in [1.82, 2.24) is 9.97 Å². The van der Waals surface area contributed by atoms with Crippen molar-refractivity contribution in [3.05, 3.63) is 46.2 Å². The summed E-state index contributed by atoms with van der Waals surface area (Å²) in [5, 5.41) is 8.66. The lowest BCUT2D eigenvalue weighted by Crippen LogP contribution is -2.01. The number of benzene rings is 1. The van der Waals surface area contributed by atoms with Crippen LogP contribution in [-0.4, -0.2) is 9.97 Å². The normalized spacial score (nSPS) is 10.9. The fourth-order valence-electron chi connectivity index (χ4n) is 2.17. The van der Waals surface area contributed by atoms with Gasteiger partial charge in [0.2, 0.25) is 0 Å². The first-order chi connectivity index (χ1) is 9.63. The van der Waals surface area contributed by atoms with Crippen LogP contribution in [0.5, 0.6) is 0 Å². The Kier molecular flexibility index (Phi) is 3.28. The summed E-state index contributed by atoms with van der Waals surface area (Å²) in [4.78, 5) is 8.77. The molecular weight excluding hydrogens is 268 g/mol. The fourth-order valence-corrected chi connectivity index (χ4v) is 2.89. The van der Waals surface area contributed by atoms with Crippen LogP contribution in [0.1, 0.15) is 16.4 Å². The summed E-state index contributed by atoms with van der Waals surface area (Å²) < 4.78 is 0. The van der Waals surface area contributed by atoms with Gasteiger partial charge < -0.3 is 11.1 Å². The zero-order valence-electron chi connectivity index (χ0n) is 11.5. The fraction of sp³-hybridized carbons (Fsp3) is 0.200. The summed E-state index contributed by atoms with van der Waals surface area (Å²) in [7, 11) is 0. The van der Waals surface area contributed by atoms with Crippen LogP contribution in [-0.2, 0) is 6.54 Å². The molecule has 0 fully saturated rings. The number of aromatic nitrogens is 2. The highest BCUT2D eigenvalue weighted by atomic mass is 32.1. The topological polar surface area (TPSA) is 63.8 Å². The van der Waals surface area contributed by atoms with Crippen LogP contribution in [0.4, 0.5) is 11.4 Å². The second-order valence-electron chi connectivity index (χ2n) is 4.81. The Hall–Kier alpha value is -2.14. The van der Waals surface area contributed by atoms with Gasteiger partial charge in [0.15, 0.2) is 0 Å². The van der Waals surface area contributed by atoms with Gasteiger partial charge in [-0.1, -0.05) is 0 Å². The number of nitrogens with one attached hydrogen (secondary N) is 1.